The molecule has 8 heteroatoms. The lowest BCUT2D eigenvalue weighted by Crippen LogP contribution is -2.25. The van der Waals surface area contributed by atoms with Crippen molar-refractivity contribution < 1.29 is 27.8 Å². The molecule has 1 saturated heterocycles. The van der Waals surface area contributed by atoms with Gasteiger partial charge in [-0.3, -0.25) is 4.72 Å². The molecule has 1 aromatic rings. The van der Waals surface area contributed by atoms with Crippen molar-refractivity contribution in [1.29, 1.82) is 0 Å². The normalized spacial score (nSPS) is 18.4. The van der Waals surface area contributed by atoms with Gasteiger partial charge < -0.3 is 14.6 Å². The number of ether oxygens (including phenoxy) is 2. The van der Waals surface area contributed by atoms with Crippen LogP contribution in [0.5, 0.6) is 5.75 Å². The molecule has 0 aromatic heterocycles. The summed E-state index contributed by atoms with van der Waals surface area (Å²) < 4.78 is 36.6. The van der Waals surface area contributed by atoms with Gasteiger partial charge in [0, 0.05) is 12.3 Å². The molecule has 1 fully saturated rings. The van der Waals surface area contributed by atoms with Crippen LogP contribution in [0.1, 0.15) is 12.8 Å². The summed E-state index contributed by atoms with van der Waals surface area (Å²) >= 11 is 0. The Bertz CT molecular complexity index is 577. The summed E-state index contributed by atoms with van der Waals surface area (Å²) in [4.78, 5) is 10.4. The number of rotatable bonds is 7. The number of anilines is 1. The first-order valence-corrected chi connectivity index (χ1v) is 8.16. The van der Waals surface area contributed by atoms with E-state index in [1.165, 1.54) is 24.3 Å². The fourth-order valence-corrected chi connectivity index (χ4v) is 3.34. The fourth-order valence-electron chi connectivity index (χ4n) is 2.01. The molecule has 0 bridgehead atoms. The molecule has 0 aliphatic carbocycles. The van der Waals surface area contributed by atoms with E-state index >= 15 is 0 Å². The van der Waals surface area contributed by atoms with Crippen LogP contribution in [0, 0.1) is 0 Å². The van der Waals surface area contributed by atoms with Gasteiger partial charge >= 0.3 is 5.97 Å². The lowest BCUT2D eigenvalue weighted by atomic mass is 10.3. The van der Waals surface area contributed by atoms with Crippen molar-refractivity contribution in [3.63, 3.8) is 0 Å². The molecule has 0 amide bonds. The molecule has 21 heavy (non-hydrogen) atoms. The van der Waals surface area contributed by atoms with E-state index in [1.54, 1.807) is 0 Å². The van der Waals surface area contributed by atoms with E-state index in [1.807, 2.05) is 0 Å². The molecule has 1 aliphatic rings. The standard InChI is InChI=1S/C13H17NO6S/c15-13(16)8-20-11-5-3-10(4-6-11)14-21(17,18)9-12-2-1-7-19-12/h3-6,12,14H,1-2,7-9H2,(H,15,16). The third kappa shape index (κ3) is 5.24. The first-order chi connectivity index (χ1) is 9.94. The van der Waals surface area contributed by atoms with Gasteiger partial charge in [-0.25, -0.2) is 13.2 Å². The molecule has 7 nitrogen and oxygen atoms in total. The van der Waals surface area contributed by atoms with Crippen molar-refractivity contribution in [2.75, 3.05) is 23.7 Å². The second-order valence-corrected chi connectivity index (χ2v) is 6.49. The van der Waals surface area contributed by atoms with Gasteiger partial charge in [0.2, 0.25) is 10.0 Å². The van der Waals surface area contributed by atoms with Gasteiger partial charge in [0.25, 0.3) is 0 Å². The summed E-state index contributed by atoms with van der Waals surface area (Å²) in [5.41, 5.74) is 0.399. The Morgan fingerprint density at radius 1 is 1.38 bits per heavy atom. The highest BCUT2D eigenvalue weighted by atomic mass is 32.2. The topological polar surface area (TPSA) is 102 Å². The predicted molar refractivity (Wildman–Crippen MR) is 76.0 cm³/mol. The summed E-state index contributed by atoms with van der Waals surface area (Å²) in [6.45, 7) is 0.167. The van der Waals surface area contributed by atoms with Gasteiger partial charge in [-0.15, -0.1) is 0 Å². The Morgan fingerprint density at radius 2 is 2.10 bits per heavy atom. The molecule has 1 aliphatic heterocycles. The molecule has 1 atom stereocenters. The van der Waals surface area contributed by atoms with Gasteiger partial charge in [-0.05, 0) is 37.1 Å². The van der Waals surface area contributed by atoms with Crippen LogP contribution >= 0.6 is 0 Å². The minimum Gasteiger partial charge on any atom is -0.482 e. The summed E-state index contributed by atoms with van der Waals surface area (Å²) in [6, 6.07) is 6.05. The number of hydrogen-bond donors (Lipinski definition) is 2. The number of aliphatic carboxylic acids is 1. The SMILES string of the molecule is O=C(O)COc1ccc(NS(=O)(=O)CC2CCCO2)cc1. The molecule has 116 valence electrons. The maximum Gasteiger partial charge on any atom is 0.341 e. The monoisotopic (exact) mass is 315 g/mol. The van der Waals surface area contributed by atoms with E-state index in [0.717, 1.165) is 12.8 Å². The number of hydrogen-bond acceptors (Lipinski definition) is 5. The summed E-state index contributed by atoms with van der Waals surface area (Å²) in [7, 11) is -3.47. The maximum atomic E-state index is 12.0. The molecular weight excluding hydrogens is 298 g/mol. The molecule has 0 saturated carbocycles. The highest BCUT2D eigenvalue weighted by Crippen LogP contribution is 2.19. The Morgan fingerprint density at radius 3 is 2.67 bits per heavy atom. The lowest BCUT2D eigenvalue weighted by molar-refractivity contribution is -0.139. The Hall–Kier alpha value is -1.80. The van der Waals surface area contributed by atoms with Crippen LogP contribution in [0.2, 0.25) is 0 Å². The summed E-state index contributed by atoms with van der Waals surface area (Å²) in [5.74, 6) is -0.777. The van der Waals surface area contributed by atoms with Gasteiger partial charge in [0.15, 0.2) is 6.61 Å². The van der Waals surface area contributed by atoms with Crippen LogP contribution in [0.25, 0.3) is 0 Å². The molecule has 1 aromatic carbocycles. The first-order valence-electron chi connectivity index (χ1n) is 6.51. The Balaban J connectivity index is 1.91. The second kappa shape index (κ2) is 6.77. The minimum atomic E-state index is -3.47. The number of carboxylic acid groups (broad SMARTS) is 1. The predicted octanol–water partition coefficient (Wildman–Crippen LogP) is 1.07. The molecule has 0 spiro atoms. The Labute approximate surface area is 122 Å². The van der Waals surface area contributed by atoms with Crippen molar-refractivity contribution in [2.45, 2.75) is 18.9 Å². The molecule has 2 rings (SSSR count). The van der Waals surface area contributed by atoms with Crippen LogP contribution in [0.4, 0.5) is 5.69 Å². The molecule has 2 N–H and O–H groups in total. The van der Waals surface area contributed by atoms with Crippen LogP contribution in [-0.4, -0.2) is 44.6 Å². The van der Waals surface area contributed by atoms with E-state index in [4.69, 9.17) is 14.6 Å². The van der Waals surface area contributed by atoms with E-state index in [-0.39, 0.29) is 11.9 Å². The average Bonchev–Trinajstić information content (AvgIpc) is 2.89. The number of carbonyl (C=O) groups is 1. The Kier molecular flexibility index (Phi) is 5.03. The van der Waals surface area contributed by atoms with Crippen LogP contribution < -0.4 is 9.46 Å². The van der Waals surface area contributed by atoms with Gasteiger partial charge in [0.05, 0.1) is 11.9 Å². The van der Waals surface area contributed by atoms with Gasteiger partial charge in [-0.2, -0.15) is 0 Å². The van der Waals surface area contributed by atoms with Crippen molar-refractivity contribution in [1.82, 2.24) is 0 Å². The van der Waals surface area contributed by atoms with E-state index in [9.17, 15) is 13.2 Å². The first kappa shape index (κ1) is 15.6. The molecule has 1 unspecified atom stereocenters. The maximum absolute atomic E-state index is 12.0. The van der Waals surface area contributed by atoms with Crippen LogP contribution in [0.3, 0.4) is 0 Å². The second-order valence-electron chi connectivity index (χ2n) is 4.73. The smallest absolute Gasteiger partial charge is 0.341 e. The van der Waals surface area contributed by atoms with Crippen LogP contribution in [-0.2, 0) is 19.6 Å². The zero-order chi connectivity index (χ0) is 15.3. The number of nitrogens with one attached hydrogen (secondary N) is 1. The number of carboxylic acids is 1. The highest BCUT2D eigenvalue weighted by molar-refractivity contribution is 7.92. The van der Waals surface area contributed by atoms with Crippen molar-refractivity contribution in [3.8, 4) is 5.75 Å². The highest BCUT2D eigenvalue weighted by Gasteiger charge is 2.23. The third-order valence-electron chi connectivity index (χ3n) is 2.92. The quantitative estimate of drug-likeness (QED) is 0.780. The summed E-state index contributed by atoms with van der Waals surface area (Å²) in [5, 5.41) is 8.49. The minimum absolute atomic E-state index is 0.0652. The number of sulfonamides is 1. The van der Waals surface area contributed by atoms with Crippen LogP contribution in [0.15, 0.2) is 24.3 Å². The summed E-state index contributed by atoms with van der Waals surface area (Å²) in [6.07, 6.45) is 1.39. The molecule has 0 radical (unpaired) electrons. The largest absolute Gasteiger partial charge is 0.482 e. The van der Waals surface area contributed by atoms with Crippen molar-refractivity contribution >= 4 is 21.7 Å². The average molecular weight is 315 g/mol. The van der Waals surface area contributed by atoms with E-state index < -0.39 is 22.6 Å². The van der Waals surface area contributed by atoms with E-state index in [2.05, 4.69) is 4.72 Å². The van der Waals surface area contributed by atoms with Gasteiger partial charge in [-0.1, -0.05) is 0 Å². The zero-order valence-corrected chi connectivity index (χ0v) is 12.1. The fraction of sp³-hybridized carbons (Fsp3) is 0.462. The zero-order valence-electron chi connectivity index (χ0n) is 11.3. The number of benzene rings is 1. The van der Waals surface area contributed by atoms with Crippen molar-refractivity contribution in [2.24, 2.45) is 0 Å². The third-order valence-corrected chi connectivity index (χ3v) is 4.28. The lowest BCUT2D eigenvalue weighted by Gasteiger charge is -2.12. The van der Waals surface area contributed by atoms with Crippen molar-refractivity contribution in [3.05, 3.63) is 24.3 Å². The molecule has 1 heterocycles. The molecular formula is C13H17NO6S. The van der Waals surface area contributed by atoms with E-state index in [0.29, 0.717) is 18.0 Å². The van der Waals surface area contributed by atoms with Gasteiger partial charge in [0.1, 0.15) is 5.75 Å².